The Morgan fingerprint density at radius 2 is 0.774 bits per heavy atom. The Hall–Kier alpha value is -2.02. The van der Waals surface area contributed by atoms with E-state index in [0.29, 0.717) is 0 Å². The first-order chi connectivity index (χ1) is 29.3. The Morgan fingerprint density at radius 1 is 0.387 bits per heavy atom. The van der Waals surface area contributed by atoms with Gasteiger partial charge in [0.25, 0.3) is 0 Å². The molecule has 360 valence electrons. The number of aliphatic hydroxyl groups is 15. The van der Waals surface area contributed by atoms with Gasteiger partial charge in [0.05, 0.1) is 33.0 Å². The average molecular weight is 911 g/mol. The van der Waals surface area contributed by atoms with Crippen LogP contribution < -0.4 is 10.6 Å². The first kappa shape index (κ1) is 51.0. The second-order valence-electron chi connectivity index (χ2n) is 15.4. The van der Waals surface area contributed by atoms with Gasteiger partial charge in [0.15, 0.2) is 31.5 Å². The van der Waals surface area contributed by atoms with E-state index in [2.05, 4.69) is 10.6 Å². The Labute approximate surface area is 351 Å². The minimum absolute atomic E-state index is 0.687. The highest BCUT2D eigenvalue weighted by Gasteiger charge is 2.57. The van der Waals surface area contributed by atoms with E-state index in [1.807, 2.05) is 0 Å². The number of rotatable bonds is 15. The van der Waals surface area contributed by atoms with Crippen LogP contribution in [0, 0.1) is 0 Å². The van der Waals surface area contributed by atoms with Gasteiger partial charge in [0.1, 0.15) is 122 Å². The molecule has 5 fully saturated rings. The highest BCUT2D eigenvalue weighted by Crippen LogP contribution is 2.36. The summed E-state index contributed by atoms with van der Waals surface area (Å²) in [4.78, 5) is 24.2. The fourth-order valence-corrected chi connectivity index (χ4v) is 7.82. The Kier molecular flexibility index (Phi) is 18.1. The lowest BCUT2D eigenvalue weighted by Crippen LogP contribution is -2.70. The van der Waals surface area contributed by atoms with E-state index < -0.39 is 198 Å². The molecule has 5 aliphatic heterocycles. The van der Waals surface area contributed by atoms with E-state index in [0.717, 1.165) is 13.8 Å². The third kappa shape index (κ3) is 10.8. The molecule has 5 aliphatic rings. The lowest BCUT2D eigenvalue weighted by atomic mass is 9.94. The van der Waals surface area contributed by atoms with Crippen LogP contribution in [-0.2, 0) is 52.2 Å². The SMILES string of the molecule is CC(=O)N[C@@H]1[C@@H](O)[C@H](O[C@@H]2O[C@H](CO)[C@@H](O[C@H]3O[C@H](CO)[C@@H](O)[C@H](O[C@H]4O[C@H](CO)[C@@H](O)[C@H](O)[C@@H]4O[C@@H]4O[C@H](CO)[C@@H](O)[C@H](O)[C@@H]4O)[C@@H]3O)[C@H](O)[C@H]2NC(C)=O)[C@@H](CO)O[C@H]1O. The molecule has 28 nitrogen and oxygen atoms in total. The number of ether oxygens (including phenoxy) is 9. The molecule has 0 unspecified atom stereocenters. The zero-order valence-electron chi connectivity index (χ0n) is 33.2. The molecule has 5 saturated heterocycles. The van der Waals surface area contributed by atoms with E-state index >= 15 is 0 Å². The summed E-state index contributed by atoms with van der Waals surface area (Å²) in [6.45, 7) is -2.53. The van der Waals surface area contributed by atoms with Crippen LogP contribution in [0.5, 0.6) is 0 Å². The molecule has 0 bridgehead atoms. The maximum atomic E-state index is 12.4. The highest BCUT2D eigenvalue weighted by atomic mass is 16.8. The summed E-state index contributed by atoms with van der Waals surface area (Å²) in [7, 11) is 0. The van der Waals surface area contributed by atoms with Crippen LogP contribution in [0.15, 0.2) is 0 Å². The summed E-state index contributed by atoms with van der Waals surface area (Å²) >= 11 is 0. The number of aliphatic hydroxyl groups excluding tert-OH is 15. The highest BCUT2D eigenvalue weighted by molar-refractivity contribution is 5.73. The van der Waals surface area contributed by atoms with Gasteiger partial charge in [0, 0.05) is 13.8 Å². The number of hydrogen-bond donors (Lipinski definition) is 17. The van der Waals surface area contributed by atoms with Crippen molar-refractivity contribution in [3.05, 3.63) is 0 Å². The van der Waals surface area contributed by atoms with E-state index in [4.69, 9.17) is 42.6 Å². The van der Waals surface area contributed by atoms with Crippen LogP contribution in [0.3, 0.4) is 0 Å². The van der Waals surface area contributed by atoms with Crippen molar-refractivity contribution in [3.8, 4) is 0 Å². The topological polar surface area (TPSA) is 445 Å². The predicted octanol–water partition coefficient (Wildman–Crippen LogP) is -11.6. The summed E-state index contributed by atoms with van der Waals surface area (Å²) in [5.41, 5.74) is 0. The van der Waals surface area contributed by atoms with Gasteiger partial charge in [-0.1, -0.05) is 0 Å². The second-order valence-corrected chi connectivity index (χ2v) is 15.4. The second kappa shape index (κ2) is 22.0. The maximum absolute atomic E-state index is 12.4. The van der Waals surface area contributed by atoms with Crippen molar-refractivity contribution < 1.29 is 129 Å². The molecule has 0 aromatic carbocycles. The summed E-state index contributed by atoms with van der Waals surface area (Å²) in [5.74, 6) is -1.47. The van der Waals surface area contributed by atoms with E-state index in [-0.39, 0.29) is 0 Å². The van der Waals surface area contributed by atoms with Crippen molar-refractivity contribution in [2.45, 2.75) is 167 Å². The summed E-state index contributed by atoms with van der Waals surface area (Å²) in [6.07, 6.45) is -42.7. The number of carbonyl (C=O) groups excluding carboxylic acids is 2. The van der Waals surface area contributed by atoms with Crippen LogP contribution in [0.4, 0.5) is 0 Å². The Balaban J connectivity index is 1.38. The minimum Gasteiger partial charge on any atom is -0.394 e. The van der Waals surface area contributed by atoms with E-state index in [1.54, 1.807) is 0 Å². The van der Waals surface area contributed by atoms with Crippen LogP contribution in [0.25, 0.3) is 0 Å². The first-order valence-electron chi connectivity index (χ1n) is 19.6. The van der Waals surface area contributed by atoms with Crippen molar-refractivity contribution >= 4 is 11.8 Å². The van der Waals surface area contributed by atoms with Gasteiger partial charge in [-0.05, 0) is 0 Å². The first-order valence-corrected chi connectivity index (χ1v) is 19.6. The Bertz CT molecular complexity index is 1440. The zero-order valence-corrected chi connectivity index (χ0v) is 33.2. The molecule has 5 heterocycles. The van der Waals surface area contributed by atoms with Gasteiger partial charge in [0.2, 0.25) is 11.8 Å². The molecule has 0 aromatic rings. The number of carbonyl (C=O) groups is 2. The predicted molar refractivity (Wildman–Crippen MR) is 190 cm³/mol. The average Bonchev–Trinajstić information content (AvgIpc) is 3.23. The fraction of sp³-hybridized carbons (Fsp3) is 0.941. The smallest absolute Gasteiger partial charge is 0.217 e. The van der Waals surface area contributed by atoms with Crippen molar-refractivity contribution in [2.75, 3.05) is 33.0 Å². The number of nitrogens with one attached hydrogen (secondary N) is 2. The maximum Gasteiger partial charge on any atom is 0.217 e. The minimum atomic E-state index is -2.18. The monoisotopic (exact) mass is 910 g/mol. The van der Waals surface area contributed by atoms with E-state index in [9.17, 15) is 86.2 Å². The van der Waals surface area contributed by atoms with Gasteiger partial charge in [-0.15, -0.1) is 0 Å². The molecule has 0 aliphatic carbocycles. The van der Waals surface area contributed by atoms with Gasteiger partial charge in [-0.3, -0.25) is 9.59 Å². The quantitative estimate of drug-likeness (QED) is 0.0725. The molecule has 25 atom stereocenters. The lowest BCUT2D eigenvalue weighted by molar-refractivity contribution is -0.395. The standard InChI is InChI=1S/C34H58N2O26/c1-8(42)35-15-20(47)26(13(6-40)54-30(15)53)59-31-16(36-9(2)43)21(48)27(14(7-41)58-31)60-33-25(52)28(19(46)12(5-39)56-33)61-34-29(23(50)18(45)11(4-38)57-34)62-32-24(51)22(49)17(44)10(3-37)55-32/h10-34,37-41,44-53H,3-7H2,1-2H3,(H,35,42)(H,36,43)/t10-,11-,12-,13-,14-,15-,16-,17-,18-,19-,20-,21-,22+,23+,24+,25+,26-,27-,28+,29+,30-,31+,32+,33-,34-/m1/s1. The van der Waals surface area contributed by atoms with Crippen LogP contribution in [0.2, 0.25) is 0 Å². The van der Waals surface area contributed by atoms with Crippen molar-refractivity contribution in [1.29, 1.82) is 0 Å². The van der Waals surface area contributed by atoms with Crippen molar-refractivity contribution in [1.82, 2.24) is 10.6 Å². The molecule has 5 rings (SSSR count). The third-order valence-electron chi connectivity index (χ3n) is 11.1. The lowest BCUT2D eigenvalue weighted by Gasteiger charge is -2.50. The summed E-state index contributed by atoms with van der Waals surface area (Å²) < 4.78 is 51.0. The normalized spacial score (nSPS) is 49.0. The molecule has 0 radical (unpaired) electrons. The number of hydrogen-bond acceptors (Lipinski definition) is 26. The fourth-order valence-electron chi connectivity index (χ4n) is 7.82. The van der Waals surface area contributed by atoms with Gasteiger partial charge in [-0.25, -0.2) is 0 Å². The molecule has 2 amide bonds. The largest absolute Gasteiger partial charge is 0.394 e. The number of amides is 2. The molecular weight excluding hydrogens is 852 g/mol. The van der Waals surface area contributed by atoms with Gasteiger partial charge < -0.3 is 130 Å². The van der Waals surface area contributed by atoms with Gasteiger partial charge in [-0.2, -0.15) is 0 Å². The molecule has 17 N–H and O–H groups in total. The van der Waals surface area contributed by atoms with Crippen LogP contribution in [-0.4, -0.2) is 275 Å². The van der Waals surface area contributed by atoms with Crippen LogP contribution in [0.1, 0.15) is 13.8 Å². The van der Waals surface area contributed by atoms with Gasteiger partial charge >= 0.3 is 0 Å². The summed E-state index contributed by atoms with van der Waals surface area (Å²) in [6, 6.07) is -3.16. The van der Waals surface area contributed by atoms with E-state index in [1.165, 1.54) is 0 Å². The van der Waals surface area contributed by atoms with Crippen molar-refractivity contribution in [3.63, 3.8) is 0 Å². The van der Waals surface area contributed by atoms with Crippen LogP contribution >= 0.6 is 0 Å². The molecule has 62 heavy (non-hydrogen) atoms. The zero-order chi connectivity index (χ0) is 45.9. The molecular formula is C34H58N2O26. The Morgan fingerprint density at radius 3 is 1.31 bits per heavy atom. The molecule has 0 aromatic heterocycles. The molecule has 28 heteroatoms. The molecule has 0 spiro atoms. The summed E-state index contributed by atoms with van der Waals surface area (Å²) in [5, 5.41) is 163. The van der Waals surface area contributed by atoms with Crippen molar-refractivity contribution in [2.24, 2.45) is 0 Å². The third-order valence-corrected chi connectivity index (χ3v) is 11.1. The molecule has 0 saturated carbocycles.